The van der Waals surface area contributed by atoms with E-state index >= 15 is 0 Å². The summed E-state index contributed by atoms with van der Waals surface area (Å²) < 4.78 is 5.92. The van der Waals surface area contributed by atoms with Crippen LogP contribution in [0.1, 0.15) is 33.4 Å². The van der Waals surface area contributed by atoms with E-state index in [4.69, 9.17) is 4.42 Å². The molecular weight excluding hydrogens is 354 g/mol. The van der Waals surface area contributed by atoms with Crippen LogP contribution in [0.5, 0.6) is 0 Å². The lowest BCUT2D eigenvalue weighted by atomic mass is 10.1. The van der Waals surface area contributed by atoms with Gasteiger partial charge in [0.2, 0.25) is 0 Å². The second-order valence-electron chi connectivity index (χ2n) is 6.93. The van der Waals surface area contributed by atoms with E-state index in [-0.39, 0.29) is 5.91 Å². The molecule has 1 aliphatic heterocycles. The first-order valence-corrected chi connectivity index (χ1v) is 9.36. The van der Waals surface area contributed by atoms with Crippen molar-refractivity contribution in [2.75, 3.05) is 6.54 Å². The average molecular weight is 373 g/mol. The third kappa shape index (κ3) is 3.15. The fourth-order valence-corrected chi connectivity index (χ4v) is 3.54. The molecule has 1 amide bonds. The zero-order valence-corrected chi connectivity index (χ0v) is 15.3. The van der Waals surface area contributed by atoms with Crippen molar-refractivity contribution in [1.82, 2.24) is 24.8 Å². The molecule has 7 heteroatoms. The van der Waals surface area contributed by atoms with Gasteiger partial charge in [-0.05, 0) is 36.2 Å². The highest BCUT2D eigenvalue weighted by Crippen LogP contribution is 2.22. The minimum atomic E-state index is -0.0814. The number of hydrogen-bond acceptors (Lipinski definition) is 5. The van der Waals surface area contributed by atoms with Crippen LogP contribution in [0.3, 0.4) is 0 Å². The van der Waals surface area contributed by atoms with Gasteiger partial charge in [0, 0.05) is 43.4 Å². The molecule has 0 aromatic carbocycles. The Balaban J connectivity index is 1.29. The fourth-order valence-electron chi connectivity index (χ4n) is 3.54. The Labute approximate surface area is 161 Å². The molecule has 0 bridgehead atoms. The third-order valence-corrected chi connectivity index (χ3v) is 5.04. The zero-order chi connectivity index (χ0) is 18.9. The molecule has 5 rings (SSSR count). The molecule has 140 valence electrons. The molecule has 0 radical (unpaired) electrons. The number of aryl methyl sites for hydroxylation is 2. The van der Waals surface area contributed by atoms with Gasteiger partial charge in [0.05, 0.1) is 6.54 Å². The first-order chi connectivity index (χ1) is 13.8. The highest BCUT2D eigenvalue weighted by molar-refractivity contribution is 5.94. The molecule has 0 saturated heterocycles. The monoisotopic (exact) mass is 373 g/mol. The van der Waals surface area contributed by atoms with E-state index in [1.807, 2.05) is 36.7 Å². The lowest BCUT2D eigenvalue weighted by Gasteiger charge is -2.24. The predicted molar refractivity (Wildman–Crippen MR) is 103 cm³/mol. The fraction of sp³-hybridized carbons (Fsp3) is 0.238. The van der Waals surface area contributed by atoms with E-state index in [1.165, 1.54) is 0 Å². The van der Waals surface area contributed by atoms with Crippen LogP contribution < -0.4 is 0 Å². The van der Waals surface area contributed by atoms with E-state index in [1.54, 1.807) is 17.2 Å². The smallest absolute Gasteiger partial charge is 0.272 e. The first kappa shape index (κ1) is 16.7. The maximum Gasteiger partial charge on any atom is 0.272 e. The summed E-state index contributed by atoms with van der Waals surface area (Å²) in [5, 5.41) is 0.993. The van der Waals surface area contributed by atoms with Crippen LogP contribution in [-0.4, -0.2) is 37.3 Å². The van der Waals surface area contributed by atoms with Gasteiger partial charge in [0.1, 0.15) is 22.8 Å². The van der Waals surface area contributed by atoms with Gasteiger partial charge in [0.25, 0.3) is 5.91 Å². The van der Waals surface area contributed by atoms with Crippen molar-refractivity contribution in [1.29, 1.82) is 0 Å². The summed E-state index contributed by atoms with van der Waals surface area (Å²) in [5.41, 5.74) is 3.17. The van der Waals surface area contributed by atoms with Crippen LogP contribution in [0, 0.1) is 0 Å². The second kappa shape index (κ2) is 6.92. The minimum absolute atomic E-state index is 0.0814. The molecule has 0 aliphatic carbocycles. The molecule has 1 N–H and O–H groups in total. The Bertz CT molecular complexity index is 1130. The SMILES string of the molecule is O=C(c1ccc2cc[nH]c2n1)N1CCc2oc(CCc3cccnc3)nc2C1. The highest BCUT2D eigenvalue weighted by Gasteiger charge is 2.27. The third-order valence-electron chi connectivity index (χ3n) is 5.04. The van der Waals surface area contributed by atoms with Gasteiger partial charge in [0.15, 0.2) is 5.89 Å². The molecular formula is C21H19N5O2. The summed E-state index contributed by atoms with van der Waals surface area (Å²) in [6, 6.07) is 9.60. The number of pyridine rings is 2. The summed E-state index contributed by atoms with van der Waals surface area (Å²) in [6.07, 6.45) is 7.67. The molecule has 0 atom stereocenters. The van der Waals surface area contributed by atoms with Crippen molar-refractivity contribution in [3.63, 3.8) is 0 Å². The number of oxazole rings is 1. The normalized spacial score (nSPS) is 13.6. The Morgan fingerprint density at radius 1 is 1.18 bits per heavy atom. The number of fused-ring (bicyclic) bond motifs is 2. The number of amides is 1. The zero-order valence-electron chi connectivity index (χ0n) is 15.3. The molecule has 0 unspecified atom stereocenters. The lowest BCUT2D eigenvalue weighted by Crippen LogP contribution is -2.36. The number of nitrogens with zero attached hydrogens (tertiary/aromatic N) is 4. The van der Waals surface area contributed by atoms with Crippen LogP contribution in [-0.2, 0) is 25.8 Å². The number of carbonyl (C=O) groups is 1. The van der Waals surface area contributed by atoms with Gasteiger partial charge in [-0.3, -0.25) is 9.78 Å². The molecule has 0 fully saturated rings. The largest absolute Gasteiger partial charge is 0.445 e. The average Bonchev–Trinajstić information content (AvgIpc) is 3.37. The Hall–Kier alpha value is -3.48. The number of nitrogens with one attached hydrogen (secondary N) is 1. The van der Waals surface area contributed by atoms with Gasteiger partial charge in [-0.25, -0.2) is 9.97 Å². The summed E-state index contributed by atoms with van der Waals surface area (Å²) in [5.74, 6) is 1.52. The van der Waals surface area contributed by atoms with Crippen LogP contribution in [0.4, 0.5) is 0 Å². The van der Waals surface area contributed by atoms with Gasteiger partial charge in [-0.2, -0.15) is 0 Å². The van der Waals surface area contributed by atoms with E-state index in [2.05, 4.69) is 19.9 Å². The maximum atomic E-state index is 12.9. The summed E-state index contributed by atoms with van der Waals surface area (Å²) in [4.78, 5) is 30.9. The van der Waals surface area contributed by atoms with Crippen LogP contribution in [0.2, 0.25) is 0 Å². The Kier molecular flexibility index (Phi) is 4.12. The maximum absolute atomic E-state index is 12.9. The van der Waals surface area contributed by atoms with E-state index in [0.29, 0.717) is 31.1 Å². The van der Waals surface area contributed by atoms with Crippen LogP contribution in [0.15, 0.2) is 53.3 Å². The molecule has 4 aromatic heterocycles. The molecule has 0 spiro atoms. The number of aromatic nitrogens is 4. The highest BCUT2D eigenvalue weighted by atomic mass is 16.4. The number of H-pyrrole nitrogens is 1. The number of hydrogen-bond donors (Lipinski definition) is 1. The topological polar surface area (TPSA) is 87.9 Å². The van der Waals surface area contributed by atoms with Gasteiger partial charge in [-0.1, -0.05) is 6.07 Å². The molecule has 1 aliphatic rings. The van der Waals surface area contributed by atoms with Crippen LogP contribution in [0.25, 0.3) is 11.0 Å². The quantitative estimate of drug-likeness (QED) is 0.594. The van der Waals surface area contributed by atoms with Crippen LogP contribution >= 0.6 is 0 Å². The summed E-state index contributed by atoms with van der Waals surface area (Å²) in [7, 11) is 0. The van der Waals surface area contributed by atoms with Crippen molar-refractivity contribution in [3.05, 3.63) is 77.5 Å². The molecule has 0 saturated carbocycles. The molecule has 7 nitrogen and oxygen atoms in total. The van der Waals surface area contributed by atoms with Crippen molar-refractivity contribution in [2.45, 2.75) is 25.8 Å². The van der Waals surface area contributed by atoms with E-state index in [9.17, 15) is 4.79 Å². The number of rotatable bonds is 4. The summed E-state index contributed by atoms with van der Waals surface area (Å²) in [6.45, 7) is 1.06. The Morgan fingerprint density at radius 3 is 3.04 bits per heavy atom. The number of aromatic amines is 1. The van der Waals surface area contributed by atoms with Crippen molar-refractivity contribution in [3.8, 4) is 0 Å². The van der Waals surface area contributed by atoms with Gasteiger partial charge >= 0.3 is 0 Å². The number of carbonyl (C=O) groups excluding carboxylic acids is 1. The van der Waals surface area contributed by atoms with Gasteiger partial charge < -0.3 is 14.3 Å². The minimum Gasteiger partial charge on any atom is -0.445 e. The van der Waals surface area contributed by atoms with Gasteiger partial charge in [-0.15, -0.1) is 0 Å². The predicted octanol–water partition coefficient (Wildman–Crippen LogP) is 2.93. The van der Waals surface area contributed by atoms with Crippen molar-refractivity contribution < 1.29 is 9.21 Å². The van der Waals surface area contributed by atoms with E-state index < -0.39 is 0 Å². The molecule has 5 heterocycles. The molecule has 28 heavy (non-hydrogen) atoms. The molecule has 4 aromatic rings. The standard InChI is InChI=1S/C21H19N5O2/c27-21(16-5-4-15-7-10-23-20(15)25-16)26-11-8-18-17(13-26)24-19(28-18)6-3-14-2-1-9-22-12-14/h1-2,4-5,7,9-10,12H,3,6,8,11,13H2,(H,23,25). The second-order valence-corrected chi connectivity index (χ2v) is 6.93. The lowest BCUT2D eigenvalue weighted by molar-refractivity contribution is 0.0722. The summed E-state index contributed by atoms with van der Waals surface area (Å²) >= 11 is 0. The van der Waals surface area contributed by atoms with Crippen molar-refractivity contribution in [2.24, 2.45) is 0 Å². The van der Waals surface area contributed by atoms with Crippen molar-refractivity contribution >= 4 is 16.9 Å². The first-order valence-electron chi connectivity index (χ1n) is 9.36. The van der Waals surface area contributed by atoms with E-state index in [0.717, 1.165) is 40.9 Å². The Morgan fingerprint density at radius 2 is 2.14 bits per heavy atom.